The van der Waals surface area contributed by atoms with Crippen molar-refractivity contribution >= 4 is 0 Å². The van der Waals surface area contributed by atoms with Gasteiger partial charge < -0.3 is 9.84 Å². The molecular formula is C18H22F2O2. The summed E-state index contributed by atoms with van der Waals surface area (Å²) in [7, 11) is 0. The zero-order chi connectivity index (χ0) is 16.0. The Balaban J connectivity index is 1.91. The van der Waals surface area contributed by atoms with Crippen LogP contribution < -0.4 is 4.74 Å². The maximum absolute atomic E-state index is 13.9. The van der Waals surface area contributed by atoms with Crippen LogP contribution in [0.5, 0.6) is 5.75 Å². The van der Waals surface area contributed by atoms with Crippen LogP contribution in [0.2, 0.25) is 0 Å². The molecule has 120 valence electrons. The van der Waals surface area contributed by atoms with Gasteiger partial charge in [0.1, 0.15) is 5.75 Å². The number of rotatable bonds is 7. The number of benzene rings is 1. The van der Waals surface area contributed by atoms with Gasteiger partial charge in [-0.25, -0.2) is 0 Å². The van der Waals surface area contributed by atoms with E-state index in [2.05, 4.69) is 6.58 Å². The standard InChI is InChI=1S/C18H22F2O2/c1-2-6-16-14(9-10-17(16)21)11-12-18(19,20)13-22-15-7-4-3-5-8-15/h2-5,7-8,11-12,14,16-17,21H,1,6,9-10,13H2/b12-11+/t14-,16-,17+/m1/s1. The fraction of sp³-hybridized carbons (Fsp3) is 0.444. The van der Waals surface area contributed by atoms with Crippen molar-refractivity contribution in [2.24, 2.45) is 11.8 Å². The van der Waals surface area contributed by atoms with Crippen LogP contribution in [-0.4, -0.2) is 23.7 Å². The van der Waals surface area contributed by atoms with Gasteiger partial charge >= 0.3 is 0 Å². The van der Waals surface area contributed by atoms with Gasteiger partial charge in [0, 0.05) is 0 Å². The molecule has 2 nitrogen and oxygen atoms in total. The maximum atomic E-state index is 13.9. The number of ether oxygens (including phenoxy) is 1. The Morgan fingerprint density at radius 3 is 2.68 bits per heavy atom. The molecule has 1 aliphatic rings. The molecule has 1 aliphatic carbocycles. The summed E-state index contributed by atoms with van der Waals surface area (Å²) in [6.45, 7) is 2.98. The van der Waals surface area contributed by atoms with Gasteiger partial charge in [-0.3, -0.25) is 0 Å². The van der Waals surface area contributed by atoms with Crippen molar-refractivity contribution in [2.75, 3.05) is 6.61 Å². The van der Waals surface area contributed by atoms with Gasteiger partial charge in [0.15, 0.2) is 6.61 Å². The lowest BCUT2D eigenvalue weighted by Crippen LogP contribution is -2.24. The third-order valence-electron chi connectivity index (χ3n) is 4.04. The second-order valence-electron chi connectivity index (χ2n) is 5.72. The summed E-state index contributed by atoms with van der Waals surface area (Å²) >= 11 is 0. The van der Waals surface area contributed by atoms with Crippen LogP contribution in [0.4, 0.5) is 8.78 Å². The second kappa shape index (κ2) is 7.54. The van der Waals surface area contributed by atoms with E-state index in [0.29, 0.717) is 18.6 Å². The molecule has 1 N–H and O–H groups in total. The lowest BCUT2D eigenvalue weighted by Gasteiger charge is -2.19. The van der Waals surface area contributed by atoms with Crippen molar-refractivity contribution in [3.05, 3.63) is 55.1 Å². The fourth-order valence-corrected chi connectivity index (χ4v) is 2.85. The number of aliphatic hydroxyl groups excluding tert-OH is 1. The molecule has 0 amide bonds. The Labute approximate surface area is 130 Å². The summed E-state index contributed by atoms with van der Waals surface area (Å²) in [5.74, 6) is -2.64. The first-order chi connectivity index (χ1) is 10.5. The first kappa shape index (κ1) is 16.7. The Bertz CT molecular complexity index is 499. The van der Waals surface area contributed by atoms with Crippen LogP contribution in [0.15, 0.2) is 55.1 Å². The van der Waals surface area contributed by atoms with Crippen molar-refractivity contribution in [3.63, 3.8) is 0 Å². The zero-order valence-electron chi connectivity index (χ0n) is 12.5. The fourth-order valence-electron chi connectivity index (χ4n) is 2.85. The summed E-state index contributed by atoms with van der Waals surface area (Å²) in [6, 6.07) is 8.57. The Hall–Kier alpha value is -1.68. The molecule has 1 fully saturated rings. The summed E-state index contributed by atoms with van der Waals surface area (Å²) in [5, 5.41) is 9.88. The summed E-state index contributed by atoms with van der Waals surface area (Å²) in [4.78, 5) is 0. The maximum Gasteiger partial charge on any atom is 0.299 e. The highest BCUT2D eigenvalue weighted by molar-refractivity contribution is 5.21. The lowest BCUT2D eigenvalue weighted by atomic mass is 9.91. The van der Waals surface area contributed by atoms with Gasteiger partial charge in [-0.2, -0.15) is 8.78 Å². The molecule has 1 aromatic rings. The summed E-state index contributed by atoms with van der Waals surface area (Å²) in [5.41, 5.74) is 0. The van der Waals surface area contributed by atoms with Crippen molar-refractivity contribution < 1.29 is 18.6 Å². The molecule has 0 bridgehead atoms. The van der Waals surface area contributed by atoms with Crippen molar-refractivity contribution in [1.82, 2.24) is 0 Å². The number of hydrogen-bond acceptors (Lipinski definition) is 2. The van der Waals surface area contributed by atoms with Crippen LogP contribution in [0.1, 0.15) is 19.3 Å². The summed E-state index contributed by atoms with van der Waals surface area (Å²) < 4.78 is 32.9. The molecule has 0 spiro atoms. The van der Waals surface area contributed by atoms with Gasteiger partial charge in [-0.1, -0.05) is 30.4 Å². The van der Waals surface area contributed by atoms with Crippen molar-refractivity contribution in [2.45, 2.75) is 31.3 Å². The molecule has 2 rings (SSSR count). The topological polar surface area (TPSA) is 29.5 Å². The average molecular weight is 308 g/mol. The highest BCUT2D eigenvalue weighted by Gasteiger charge is 2.34. The highest BCUT2D eigenvalue weighted by Crippen LogP contribution is 2.36. The van der Waals surface area contributed by atoms with E-state index in [1.807, 2.05) is 0 Å². The molecule has 1 saturated carbocycles. The molecule has 0 radical (unpaired) electrons. The first-order valence-electron chi connectivity index (χ1n) is 7.56. The Morgan fingerprint density at radius 2 is 2.00 bits per heavy atom. The van der Waals surface area contributed by atoms with E-state index < -0.39 is 18.6 Å². The molecule has 0 aliphatic heterocycles. The molecule has 0 unspecified atom stereocenters. The second-order valence-corrected chi connectivity index (χ2v) is 5.72. The molecular weight excluding hydrogens is 286 g/mol. The van der Waals surface area contributed by atoms with E-state index in [0.717, 1.165) is 12.5 Å². The number of hydrogen-bond donors (Lipinski definition) is 1. The minimum Gasteiger partial charge on any atom is -0.487 e. The first-order valence-corrected chi connectivity index (χ1v) is 7.56. The average Bonchev–Trinajstić information content (AvgIpc) is 2.86. The molecule has 22 heavy (non-hydrogen) atoms. The quantitative estimate of drug-likeness (QED) is 0.764. The smallest absolute Gasteiger partial charge is 0.299 e. The normalized spacial score (nSPS) is 25.5. The third kappa shape index (κ3) is 4.67. The number of alkyl halides is 2. The van der Waals surface area contributed by atoms with Gasteiger partial charge in [-0.05, 0) is 49.3 Å². The minimum absolute atomic E-state index is 0.0143. The number of halogens is 2. The van der Waals surface area contributed by atoms with Crippen LogP contribution >= 0.6 is 0 Å². The van der Waals surface area contributed by atoms with Gasteiger partial charge in [0.25, 0.3) is 5.92 Å². The van der Waals surface area contributed by atoms with E-state index in [9.17, 15) is 13.9 Å². The molecule has 0 aromatic heterocycles. The van der Waals surface area contributed by atoms with Crippen LogP contribution in [0.3, 0.4) is 0 Å². The number of para-hydroxylation sites is 1. The van der Waals surface area contributed by atoms with Crippen LogP contribution in [0, 0.1) is 11.8 Å². The van der Waals surface area contributed by atoms with E-state index >= 15 is 0 Å². The molecule has 0 saturated heterocycles. The van der Waals surface area contributed by atoms with E-state index in [-0.39, 0.29) is 11.8 Å². The van der Waals surface area contributed by atoms with Gasteiger partial charge in [-0.15, -0.1) is 6.58 Å². The molecule has 3 atom stereocenters. The minimum atomic E-state index is -3.03. The molecule has 4 heteroatoms. The van der Waals surface area contributed by atoms with Crippen molar-refractivity contribution in [1.29, 1.82) is 0 Å². The SMILES string of the molecule is C=CC[C@H]1[C@@H](O)CC[C@@H]1/C=C/C(F)(F)COc1ccccc1. The number of allylic oxidation sites excluding steroid dienone is 2. The highest BCUT2D eigenvalue weighted by atomic mass is 19.3. The van der Waals surface area contributed by atoms with Gasteiger partial charge in [0.2, 0.25) is 0 Å². The Kier molecular flexibility index (Phi) is 5.72. The van der Waals surface area contributed by atoms with E-state index in [4.69, 9.17) is 4.74 Å². The zero-order valence-corrected chi connectivity index (χ0v) is 12.5. The van der Waals surface area contributed by atoms with E-state index in [1.54, 1.807) is 36.4 Å². The molecule has 0 heterocycles. The largest absolute Gasteiger partial charge is 0.487 e. The van der Waals surface area contributed by atoms with Crippen molar-refractivity contribution in [3.8, 4) is 5.75 Å². The Morgan fingerprint density at radius 1 is 1.27 bits per heavy atom. The third-order valence-corrected chi connectivity index (χ3v) is 4.04. The number of aliphatic hydroxyl groups is 1. The van der Waals surface area contributed by atoms with Crippen LogP contribution in [0.25, 0.3) is 0 Å². The molecule has 1 aromatic carbocycles. The summed E-state index contributed by atoms with van der Waals surface area (Å²) in [6.07, 6.45) is 5.76. The van der Waals surface area contributed by atoms with Gasteiger partial charge in [0.05, 0.1) is 6.10 Å². The predicted octanol–water partition coefficient (Wildman–Crippen LogP) is 4.22. The van der Waals surface area contributed by atoms with E-state index in [1.165, 1.54) is 6.08 Å². The van der Waals surface area contributed by atoms with Crippen LogP contribution in [-0.2, 0) is 0 Å². The monoisotopic (exact) mass is 308 g/mol. The predicted molar refractivity (Wildman–Crippen MR) is 83.1 cm³/mol. The lowest BCUT2D eigenvalue weighted by molar-refractivity contribution is 0.00442.